The number of halogens is 1. The number of hydrogen-bond acceptors (Lipinski definition) is 4. The van der Waals surface area contributed by atoms with Gasteiger partial charge in [0.2, 0.25) is 0 Å². The van der Waals surface area contributed by atoms with Gasteiger partial charge in [0.15, 0.2) is 6.61 Å². The molecular weight excluding hydrogens is 267 g/mol. The first-order chi connectivity index (χ1) is 9.40. The molecule has 0 aliphatic heterocycles. The van der Waals surface area contributed by atoms with Gasteiger partial charge >= 0.3 is 12.0 Å². The second-order valence-corrected chi connectivity index (χ2v) is 4.23. The van der Waals surface area contributed by atoms with Crippen LogP contribution in [0.1, 0.15) is 24.2 Å². The predicted molar refractivity (Wildman–Crippen MR) is 68.5 cm³/mol. The fraction of sp³-hybridized carbons (Fsp3) is 0.308. The van der Waals surface area contributed by atoms with Gasteiger partial charge in [0, 0.05) is 6.04 Å². The first kappa shape index (κ1) is 15.6. The highest BCUT2D eigenvalue weighted by molar-refractivity contribution is 5.97. The molecule has 0 fully saturated rings. The number of carbonyl (C=O) groups is 3. The summed E-state index contributed by atoms with van der Waals surface area (Å²) in [6.45, 7) is 2.78. The van der Waals surface area contributed by atoms with Crippen LogP contribution in [0.3, 0.4) is 0 Å². The molecular formula is C13H15FN2O4. The van der Waals surface area contributed by atoms with Crippen molar-refractivity contribution in [2.45, 2.75) is 19.9 Å². The molecule has 1 aromatic carbocycles. The topological polar surface area (TPSA) is 84.5 Å². The number of carbonyl (C=O) groups excluding carboxylic acids is 3. The van der Waals surface area contributed by atoms with Crippen LogP contribution in [0.15, 0.2) is 24.3 Å². The quantitative estimate of drug-likeness (QED) is 0.813. The van der Waals surface area contributed by atoms with Crippen LogP contribution in [0.4, 0.5) is 9.18 Å². The van der Waals surface area contributed by atoms with Gasteiger partial charge in [0.1, 0.15) is 5.82 Å². The van der Waals surface area contributed by atoms with E-state index in [2.05, 4.69) is 10.1 Å². The zero-order valence-corrected chi connectivity index (χ0v) is 11.1. The second-order valence-electron chi connectivity index (χ2n) is 4.23. The molecule has 0 atom stereocenters. The van der Waals surface area contributed by atoms with Gasteiger partial charge in [-0.2, -0.15) is 0 Å². The van der Waals surface area contributed by atoms with Crippen LogP contribution in [-0.2, 0) is 9.53 Å². The summed E-state index contributed by atoms with van der Waals surface area (Å²) in [6.07, 6.45) is 0. The third-order valence-electron chi connectivity index (χ3n) is 2.10. The van der Waals surface area contributed by atoms with Crippen LogP contribution in [0.25, 0.3) is 0 Å². The molecule has 20 heavy (non-hydrogen) atoms. The molecule has 108 valence electrons. The Bertz CT molecular complexity index is 517. The highest BCUT2D eigenvalue weighted by Gasteiger charge is 2.15. The van der Waals surface area contributed by atoms with Gasteiger partial charge in [-0.3, -0.25) is 10.1 Å². The molecule has 0 aliphatic rings. The molecule has 0 radical (unpaired) electrons. The average molecular weight is 282 g/mol. The van der Waals surface area contributed by atoms with E-state index < -0.39 is 30.3 Å². The Morgan fingerprint density at radius 2 is 1.90 bits per heavy atom. The van der Waals surface area contributed by atoms with E-state index in [1.807, 2.05) is 5.32 Å². The lowest BCUT2D eigenvalue weighted by atomic mass is 10.2. The van der Waals surface area contributed by atoms with Crippen molar-refractivity contribution < 1.29 is 23.5 Å². The summed E-state index contributed by atoms with van der Waals surface area (Å²) >= 11 is 0. The highest BCUT2D eigenvalue weighted by atomic mass is 19.1. The minimum Gasteiger partial charge on any atom is -0.452 e. The van der Waals surface area contributed by atoms with E-state index in [1.165, 1.54) is 18.2 Å². The largest absolute Gasteiger partial charge is 0.452 e. The number of hydrogen-bond donors (Lipinski definition) is 2. The zero-order chi connectivity index (χ0) is 15.1. The average Bonchev–Trinajstić information content (AvgIpc) is 2.35. The molecule has 0 bridgehead atoms. The van der Waals surface area contributed by atoms with Crippen LogP contribution >= 0.6 is 0 Å². The molecule has 7 heteroatoms. The fourth-order valence-electron chi connectivity index (χ4n) is 1.30. The standard InChI is InChI=1S/C13H15FN2O4/c1-8(2)15-13(19)16-11(17)7-20-12(18)9-5-3-4-6-10(9)14/h3-6,8H,7H2,1-2H3,(H2,15,16,17,19). The summed E-state index contributed by atoms with van der Waals surface area (Å²) in [4.78, 5) is 34.0. The Labute approximate surface area is 115 Å². The minimum absolute atomic E-state index is 0.135. The highest BCUT2D eigenvalue weighted by Crippen LogP contribution is 2.07. The molecule has 0 unspecified atom stereocenters. The van der Waals surface area contributed by atoms with Gasteiger partial charge in [0.05, 0.1) is 5.56 Å². The summed E-state index contributed by atoms with van der Waals surface area (Å²) in [6, 6.07) is 4.41. The number of amides is 3. The van der Waals surface area contributed by atoms with Crippen molar-refractivity contribution in [3.05, 3.63) is 35.6 Å². The van der Waals surface area contributed by atoms with E-state index in [9.17, 15) is 18.8 Å². The van der Waals surface area contributed by atoms with E-state index in [4.69, 9.17) is 0 Å². The maximum atomic E-state index is 13.3. The van der Waals surface area contributed by atoms with Gasteiger partial charge in [-0.25, -0.2) is 14.0 Å². The molecule has 0 spiro atoms. The number of urea groups is 1. The molecule has 6 nitrogen and oxygen atoms in total. The van der Waals surface area contributed by atoms with Crippen molar-refractivity contribution >= 4 is 17.9 Å². The van der Waals surface area contributed by atoms with Gasteiger partial charge < -0.3 is 10.1 Å². The molecule has 0 saturated heterocycles. The van der Waals surface area contributed by atoms with Gasteiger partial charge in [-0.05, 0) is 26.0 Å². The zero-order valence-electron chi connectivity index (χ0n) is 11.1. The van der Waals surface area contributed by atoms with E-state index in [-0.39, 0.29) is 11.6 Å². The van der Waals surface area contributed by atoms with Crippen LogP contribution in [0.2, 0.25) is 0 Å². The Balaban J connectivity index is 2.44. The van der Waals surface area contributed by atoms with Crippen LogP contribution in [-0.4, -0.2) is 30.6 Å². The molecule has 1 aromatic rings. The third-order valence-corrected chi connectivity index (χ3v) is 2.10. The number of benzene rings is 1. The van der Waals surface area contributed by atoms with Crippen molar-refractivity contribution in [1.29, 1.82) is 0 Å². The van der Waals surface area contributed by atoms with Gasteiger partial charge in [0.25, 0.3) is 5.91 Å². The maximum Gasteiger partial charge on any atom is 0.341 e. The summed E-state index contributed by atoms with van der Waals surface area (Å²) < 4.78 is 17.9. The van der Waals surface area contributed by atoms with Crippen LogP contribution in [0.5, 0.6) is 0 Å². The normalized spacial score (nSPS) is 10.0. The SMILES string of the molecule is CC(C)NC(=O)NC(=O)COC(=O)c1ccccc1F. The molecule has 0 heterocycles. The first-order valence-corrected chi connectivity index (χ1v) is 5.92. The molecule has 0 aliphatic carbocycles. The van der Waals surface area contributed by atoms with Gasteiger partial charge in [-0.15, -0.1) is 0 Å². The van der Waals surface area contributed by atoms with E-state index in [0.717, 1.165) is 6.07 Å². The van der Waals surface area contributed by atoms with Gasteiger partial charge in [-0.1, -0.05) is 12.1 Å². The monoisotopic (exact) mass is 282 g/mol. The third kappa shape index (κ3) is 5.05. The minimum atomic E-state index is -0.970. The number of ether oxygens (including phenoxy) is 1. The lowest BCUT2D eigenvalue weighted by Crippen LogP contribution is -2.44. The summed E-state index contributed by atoms with van der Waals surface area (Å²) in [7, 11) is 0. The summed E-state index contributed by atoms with van der Waals surface area (Å²) in [5.41, 5.74) is -0.271. The van der Waals surface area contributed by atoms with E-state index in [0.29, 0.717) is 0 Å². The van der Waals surface area contributed by atoms with Crippen molar-refractivity contribution in [3.8, 4) is 0 Å². The lowest BCUT2D eigenvalue weighted by molar-refractivity contribution is -0.123. The van der Waals surface area contributed by atoms with Crippen molar-refractivity contribution in [1.82, 2.24) is 10.6 Å². The molecule has 0 saturated carbocycles. The summed E-state index contributed by atoms with van der Waals surface area (Å²) in [5.74, 6) is -2.51. The molecule has 3 amide bonds. The van der Waals surface area contributed by atoms with Crippen molar-refractivity contribution in [3.63, 3.8) is 0 Å². The summed E-state index contributed by atoms with van der Waals surface area (Å²) in [5, 5.41) is 4.40. The maximum absolute atomic E-state index is 13.3. The first-order valence-electron chi connectivity index (χ1n) is 5.92. The molecule has 0 aromatic heterocycles. The number of esters is 1. The molecule has 1 rings (SSSR count). The molecule has 2 N–H and O–H groups in total. The van der Waals surface area contributed by atoms with Crippen molar-refractivity contribution in [2.75, 3.05) is 6.61 Å². The van der Waals surface area contributed by atoms with Crippen molar-refractivity contribution in [2.24, 2.45) is 0 Å². The number of nitrogens with one attached hydrogen (secondary N) is 2. The number of rotatable bonds is 4. The second kappa shape index (κ2) is 7.22. The number of imide groups is 1. The fourth-order valence-corrected chi connectivity index (χ4v) is 1.30. The Morgan fingerprint density at radius 3 is 2.50 bits per heavy atom. The van der Waals surface area contributed by atoms with Crippen LogP contribution in [0, 0.1) is 5.82 Å². The Morgan fingerprint density at radius 1 is 1.25 bits per heavy atom. The Hall–Kier alpha value is -2.44. The Kier molecular flexibility index (Phi) is 5.64. The predicted octanol–water partition coefficient (Wildman–Crippen LogP) is 1.22. The van der Waals surface area contributed by atoms with E-state index in [1.54, 1.807) is 13.8 Å². The smallest absolute Gasteiger partial charge is 0.341 e. The van der Waals surface area contributed by atoms with E-state index >= 15 is 0 Å². The van der Waals surface area contributed by atoms with Crippen LogP contribution < -0.4 is 10.6 Å². The lowest BCUT2D eigenvalue weighted by Gasteiger charge is -2.09.